The predicted molar refractivity (Wildman–Crippen MR) is 50.2 cm³/mol. The maximum atomic E-state index is 10.2. The summed E-state index contributed by atoms with van der Waals surface area (Å²) in [6.45, 7) is 0.192. The minimum Gasteiger partial charge on any atom is -0.493 e. The van der Waals surface area contributed by atoms with Gasteiger partial charge in [-0.2, -0.15) is 0 Å². The van der Waals surface area contributed by atoms with Crippen molar-refractivity contribution in [3.8, 4) is 5.75 Å². The Labute approximate surface area is 81.8 Å². The van der Waals surface area contributed by atoms with Gasteiger partial charge in [-0.3, -0.25) is 0 Å². The van der Waals surface area contributed by atoms with Gasteiger partial charge in [0.05, 0.1) is 6.61 Å². The minimum absolute atomic E-state index is 0.0875. The van der Waals surface area contributed by atoms with E-state index in [1.165, 1.54) is 0 Å². The highest BCUT2D eigenvalue weighted by molar-refractivity contribution is 5.71. The zero-order chi connectivity index (χ0) is 10.4. The summed E-state index contributed by atoms with van der Waals surface area (Å²) in [5.74, 6) is -0.549. The first kappa shape index (κ1) is 10.5. The van der Waals surface area contributed by atoms with Crippen LogP contribution in [-0.2, 0) is 4.79 Å². The maximum Gasteiger partial charge on any atom is 0.332 e. The van der Waals surface area contributed by atoms with Crippen LogP contribution in [-0.4, -0.2) is 28.9 Å². The van der Waals surface area contributed by atoms with Crippen LogP contribution in [0, 0.1) is 0 Å². The van der Waals surface area contributed by atoms with Crippen LogP contribution < -0.4 is 4.74 Å². The molecule has 4 nitrogen and oxygen atoms in total. The highest BCUT2D eigenvalue weighted by Gasteiger charge is 2.12. The van der Waals surface area contributed by atoms with Crippen molar-refractivity contribution in [2.75, 3.05) is 6.61 Å². The second-order valence-electron chi connectivity index (χ2n) is 2.80. The molecule has 0 unspecified atom stereocenters. The fraction of sp³-hybridized carbons (Fsp3) is 0.300. The van der Waals surface area contributed by atoms with Crippen LogP contribution in [0.3, 0.4) is 0 Å². The Morgan fingerprint density at radius 3 is 2.57 bits per heavy atom. The summed E-state index contributed by atoms with van der Waals surface area (Å²) < 4.78 is 5.20. The second kappa shape index (κ2) is 5.24. The lowest BCUT2D eigenvalue weighted by atomic mass is 10.3. The molecule has 1 aromatic carbocycles. The lowest BCUT2D eigenvalue weighted by Crippen LogP contribution is -2.21. The SMILES string of the molecule is O=C(O)[C@@H](O)CCOc1ccccc1. The largest absolute Gasteiger partial charge is 0.493 e. The number of para-hydroxylation sites is 1. The topological polar surface area (TPSA) is 66.8 Å². The van der Waals surface area contributed by atoms with Gasteiger partial charge in [0.1, 0.15) is 5.75 Å². The molecule has 0 radical (unpaired) electrons. The van der Waals surface area contributed by atoms with Crippen molar-refractivity contribution in [2.24, 2.45) is 0 Å². The minimum atomic E-state index is -1.35. The van der Waals surface area contributed by atoms with Crippen molar-refractivity contribution in [2.45, 2.75) is 12.5 Å². The van der Waals surface area contributed by atoms with Crippen LogP contribution in [0.1, 0.15) is 6.42 Å². The molecule has 0 saturated heterocycles. The zero-order valence-corrected chi connectivity index (χ0v) is 7.59. The van der Waals surface area contributed by atoms with Crippen LogP contribution in [0.5, 0.6) is 5.75 Å². The van der Waals surface area contributed by atoms with E-state index in [0.717, 1.165) is 0 Å². The summed E-state index contributed by atoms with van der Waals surface area (Å²) in [7, 11) is 0. The molecule has 1 atom stereocenters. The fourth-order valence-corrected chi connectivity index (χ4v) is 0.929. The van der Waals surface area contributed by atoms with Gasteiger partial charge in [0, 0.05) is 6.42 Å². The molecular weight excluding hydrogens is 184 g/mol. The third-order valence-electron chi connectivity index (χ3n) is 1.69. The molecule has 0 spiro atoms. The highest BCUT2D eigenvalue weighted by Crippen LogP contribution is 2.08. The maximum absolute atomic E-state index is 10.2. The van der Waals surface area contributed by atoms with Gasteiger partial charge in [0.2, 0.25) is 0 Å². The number of benzene rings is 1. The first-order valence-electron chi connectivity index (χ1n) is 4.29. The van der Waals surface area contributed by atoms with Crippen molar-refractivity contribution in [3.05, 3.63) is 30.3 Å². The molecule has 2 N–H and O–H groups in total. The van der Waals surface area contributed by atoms with Crippen LogP contribution in [0.2, 0.25) is 0 Å². The summed E-state index contributed by atoms with van der Waals surface area (Å²) in [6.07, 6.45) is -1.26. The van der Waals surface area contributed by atoms with Gasteiger partial charge in [0.25, 0.3) is 0 Å². The van der Waals surface area contributed by atoms with E-state index in [1.807, 2.05) is 18.2 Å². The Morgan fingerprint density at radius 2 is 2.00 bits per heavy atom. The van der Waals surface area contributed by atoms with Gasteiger partial charge >= 0.3 is 5.97 Å². The highest BCUT2D eigenvalue weighted by atomic mass is 16.5. The van der Waals surface area contributed by atoms with E-state index < -0.39 is 12.1 Å². The average molecular weight is 196 g/mol. The number of rotatable bonds is 5. The Bertz CT molecular complexity index is 283. The molecule has 0 amide bonds. The number of carboxylic acid groups (broad SMARTS) is 1. The van der Waals surface area contributed by atoms with Crippen LogP contribution in [0.15, 0.2) is 30.3 Å². The van der Waals surface area contributed by atoms with Crippen molar-refractivity contribution in [3.63, 3.8) is 0 Å². The van der Waals surface area contributed by atoms with E-state index in [-0.39, 0.29) is 13.0 Å². The molecule has 1 rings (SSSR count). The number of aliphatic hydroxyl groups is 1. The number of aliphatic hydroxyl groups excluding tert-OH is 1. The summed E-state index contributed by atoms with van der Waals surface area (Å²) >= 11 is 0. The molecule has 0 aliphatic carbocycles. The zero-order valence-electron chi connectivity index (χ0n) is 7.59. The lowest BCUT2D eigenvalue weighted by Gasteiger charge is -2.07. The van der Waals surface area contributed by atoms with Crippen molar-refractivity contribution in [1.82, 2.24) is 0 Å². The van der Waals surface area contributed by atoms with Gasteiger partial charge in [-0.1, -0.05) is 18.2 Å². The molecule has 0 bridgehead atoms. The molecule has 0 fully saturated rings. The number of carboxylic acids is 1. The predicted octanol–water partition coefficient (Wildman–Crippen LogP) is 0.901. The first-order chi connectivity index (χ1) is 6.70. The summed E-state index contributed by atoms with van der Waals surface area (Å²) in [5.41, 5.74) is 0. The lowest BCUT2D eigenvalue weighted by molar-refractivity contribution is -0.147. The quantitative estimate of drug-likeness (QED) is 0.734. The van der Waals surface area contributed by atoms with E-state index in [4.69, 9.17) is 14.9 Å². The molecule has 0 aromatic heterocycles. The van der Waals surface area contributed by atoms with E-state index in [9.17, 15) is 4.79 Å². The monoisotopic (exact) mass is 196 g/mol. The average Bonchev–Trinajstić information content (AvgIpc) is 2.19. The third kappa shape index (κ3) is 3.45. The van der Waals surface area contributed by atoms with Crippen LogP contribution in [0.4, 0.5) is 0 Å². The smallest absolute Gasteiger partial charge is 0.332 e. The van der Waals surface area contributed by atoms with E-state index in [2.05, 4.69) is 0 Å². The van der Waals surface area contributed by atoms with Gasteiger partial charge in [-0.05, 0) is 12.1 Å². The number of carbonyl (C=O) groups is 1. The summed E-state index contributed by atoms with van der Waals surface area (Å²) in [4.78, 5) is 10.2. The molecule has 0 heterocycles. The first-order valence-corrected chi connectivity index (χ1v) is 4.29. The van der Waals surface area contributed by atoms with Crippen LogP contribution >= 0.6 is 0 Å². The number of ether oxygens (including phenoxy) is 1. The molecule has 0 aliphatic heterocycles. The van der Waals surface area contributed by atoms with Crippen LogP contribution in [0.25, 0.3) is 0 Å². The Kier molecular flexibility index (Phi) is 3.94. The molecule has 4 heteroatoms. The molecule has 76 valence electrons. The summed E-state index contributed by atoms with van der Waals surface area (Å²) in [6, 6.07) is 9.05. The third-order valence-corrected chi connectivity index (χ3v) is 1.69. The Morgan fingerprint density at radius 1 is 1.36 bits per heavy atom. The number of hydrogen-bond acceptors (Lipinski definition) is 3. The standard InChI is InChI=1S/C10H12O4/c11-9(10(12)13)6-7-14-8-4-2-1-3-5-8/h1-5,9,11H,6-7H2,(H,12,13)/t9-/m0/s1. The van der Waals surface area contributed by atoms with Crippen molar-refractivity contribution in [1.29, 1.82) is 0 Å². The molecule has 14 heavy (non-hydrogen) atoms. The molecule has 0 saturated carbocycles. The number of hydrogen-bond donors (Lipinski definition) is 2. The van der Waals surface area contributed by atoms with Crippen molar-refractivity contribution >= 4 is 5.97 Å². The van der Waals surface area contributed by atoms with Gasteiger partial charge in [0.15, 0.2) is 6.10 Å². The van der Waals surface area contributed by atoms with E-state index >= 15 is 0 Å². The van der Waals surface area contributed by atoms with E-state index in [1.54, 1.807) is 12.1 Å². The second-order valence-corrected chi connectivity index (χ2v) is 2.80. The summed E-state index contributed by atoms with van der Waals surface area (Å²) in [5, 5.41) is 17.3. The normalized spacial score (nSPS) is 12.1. The van der Waals surface area contributed by atoms with Gasteiger partial charge in [-0.15, -0.1) is 0 Å². The molecular formula is C10H12O4. The molecule has 0 aliphatic rings. The molecule has 1 aromatic rings. The van der Waals surface area contributed by atoms with Gasteiger partial charge in [-0.25, -0.2) is 4.79 Å². The Hall–Kier alpha value is -1.55. The fourth-order valence-electron chi connectivity index (χ4n) is 0.929. The van der Waals surface area contributed by atoms with Crippen molar-refractivity contribution < 1.29 is 19.7 Å². The number of aliphatic carboxylic acids is 1. The van der Waals surface area contributed by atoms with Gasteiger partial charge < -0.3 is 14.9 Å². The van der Waals surface area contributed by atoms with E-state index in [0.29, 0.717) is 5.75 Å². The Balaban J connectivity index is 2.26.